The van der Waals surface area contributed by atoms with Gasteiger partial charge in [0.15, 0.2) is 0 Å². The molecule has 0 fully saturated rings. The summed E-state index contributed by atoms with van der Waals surface area (Å²) in [7, 11) is -7.94. The fourth-order valence-corrected chi connectivity index (χ4v) is 4.10. The van der Waals surface area contributed by atoms with E-state index in [4.69, 9.17) is 22.9 Å². The number of ether oxygens (including phenoxy) is 3. The van der Waals surface area contributed by atoms with Crippen molar-refractivity contribution in [2.24, 2.45) is 0 Å². The Morgan fingerprint density at radius 1 is 0.667 bits per heavy atom. The molecule has 0 aliphatic carbocycles. The van der Waals surface area contributed by atoms with Crippen LogP contribution in [-0.4, -0.2) is 67.6 Å². The minimum absolute atomic E-state index is 0.0716. The fourth-order valence-electron chi connectivity index (χ4n) is 2.72. The fraction of sp³-hybridized carbons (Fsp3) is 0.455. The normalized spacial score (nSPS) is 12.2. The Balaban J connectivity index is 1.42. The van der Waals surface area contributed by atoms with Gasteiger partial charge in [0.1, 0.15) is 0 Å². The molecule has 0 saturated carbocycles. The quantitative estimate of drug-likeness (QED) is 0.209. The highest BCUT2D eigenvalue weighted by Gasteiger charge is 2.14. The van der Waals surface area contributed by atoms with Crippen LogP contribution < -0.4 is 0 Å². The van der Waals surface area contributed by atoms with E-state index in [1.165, 1.54) is 24.3 Å². The van der Waals surface area contributed by atoms with E-state index in [-0.39, 0.29) is 23.0 Å². The Morgan fingerprint density at radius 3 is 1.70 bits per heavy atom. The molecule has 0 unspecified atom stereocenters. The lowest BCUT2D eigenvalue weighted by molar-refractivity contribution is 0.00938. The van der Waals surface area contributed by atoms with Crippen LogP contribution in [0.3, 0.4) is 0 Å². The molecular formula is C22H30O9S2. The third kappa shape index (κ3) is 10.7. The van der Waals surface area contributed by atoms with E-state index in [1.807, 2.05) is 6.92 Å². The van der Waals surface area contributed by atoms with Crippen LogP contribution in [0.5, 0.6) is 0 Å². The van der Waals surface area contributed by atoms with E-state index < -0.39 is 20.2 Å². The number of rotatable bonds is 16. The summed E-state index contributed by atoms with van der Waals surface area (Å²) in [6.07, 6.45) is 1.49. The lowest BCUT2D eigenvalue weighted by Gasteiger charge is -2.08. The van der Waals surface area contributed by atoms with Gasteiger partial charge in [-0.3, -0.25) is 8.74 Å². The molecule has 0 spiro atoms. The van der Waals surface area contributed by atoms with Gasteiger partial charge in [-0.15, -0.1) is 0 Å². The zero-order valence-electron chi connectivity index (χ0n) is 18.5. The molecular weight excluding hydrogens is 472 g/mol. The summed E-state index contributed by atoms with van der Waals surface area (Å²) in [6, 6.07) is 12.5. The maximum absolute atomic E-state index is 12.0. The maximum Gasteiger partial charge on any atom is 0.297 e. The van der Waals surface area contributed by atoms with E-state index in [0.717, 1.165) is 24.0 Å². The topological polar surface area (TPSA) is 125 Å². The van der Waals surface area contributed by atoms with Crippen molar-refractivity contribution in [3.8, 4) is 0 Å². The van der Waals surface area contributed by atoms with E-state index in [1.54, 1.807) is 24.3 Å². The van der Waals surface area contributed by atoms with Crippen LogP contribution in [0.4, 0.5) is 0 Å². The predicted molar refractivity (Wildman–Crippen MR) is 121 cm³/mol. The second-order valence-electron chi connectivity index (χ2n) is 7.15. The molecule has 0 aliphatic rings. The first-order valence-electron chi connectivity index (χ1n) is 10.4. The molecule has 0 radical (unpaired) electrons. The van der Waals surface area contributed by atoms with E-state index in [0.29, 0.717) is 33.0 Å². The van der Waals surface area contributed by atoms with Crippen LogP contribution in [0, 0.1) is 6.92 Å². The van der Waals surface area contributed by atoms with Gasteiger partial charge in [0.2, 0.25) is 0 Å². The summed E-state index contributed by atoms with van der Waals surface area (Å²) in [5.74, 6) is 0. The van der Waals surface area contributed by atoms with Crippen molar-refractivity contribution in [1.29, 1.82) is 0 Å². The zero-order chi connectivity index (χ0) is 24.2. The first-order chi connectivity index (χ1) is 15.7. The molecule has 184 valence electrons. The van der Waals surface area contributed by atoms with Gasteiger partial charge in [0, 0.05) is 6.61 Å². The minimum atomic E-state index is -4.16. The molecule has 0 heterocycles. The first-order valence-corrected chi connectivity index (χ1v) is 13.3. The molecule has 9 nitrogen and oxygen atoms in total. The molecule has 33 heavy (non-hydrogen) atoms. The number of aryl methyl sites for hydroxylation is 2. The van der Waals surface area contributed by atoms with Crippen LogP contribution in [-0.2, 0) is 45.1 Å². The van der Waals surface area contributed by atoms with Gasteiger partial charge in [0.25, 0.3) is 20.2 Å². The molecule has 2 aromatic rings. The Bertz CT molecular complexity index is 1030. The zero-order valence-corrected chi connectivity index (χ0v) is 20.1. The lowest BCUT2D eigenvalue weighted by atomic mass is 10.1. The van der Waals surface area contributed by atoms with Crippen LogP contribution >= 0.6 is 0 Å². The summed E-state index contributed by atoms with van der Waals surface area (Å²) < 4.78 is 76.1. The molecule has 0 bridgehead atoms. The monoisotopic (exact) mass is 502 g/mol. The summed E-state index contributed by atoms with van der Waals surface area (Å²) in [6.45, 7) is 3.98. The van der Waals surface area contributed by atoms with E-state index in [2.05, 4.69) is 0 Å². The third-order valence-electron chi connectivity index (χ3n) is 4.50. The highest BCUT2D eigenvalue weighted by atomic mass is 32.2. The number of hydrogen-bond acceptors (Lipinski definition) is 8. The first kappa shape index (κ1) is 27.4. The summed E-state index contributed by atoms with van der Waals surface area (Å²) in [5, 5.41) is 0. The molecule has 0 amide bonds. The van der Waals surface area contributed by atoms with Crippen molar-refractivity contribution < 1.29 is 39.8 Å². The highest BCUT2D eigenvalue weighted by molar-refractivity contribution is 7.86. The van der Waals surface area contributed by atoms with Crippen molar-refractivity contribution in [2.75, 3.05) is 46.2 Å². The van der Waals surface area contributed by atoms with Crippen molar-refractivity contribution in [1.82, 2.24) is 0 Å². The van der Waals surface area contributed by atoms with Crippen LogP contribution in [0.25, 0.3) is 0 Å². The Hall–Kier alpha value is -1.86. The van der Waals surface area contributed by atoms with Crippen molar-refractivity contribution in [3.05, 3.63) is 59.7 Å². The largest absolute Gasteiger partial charge is 0.379 e. The second kappa shape index (κ2) is 13.8. The minimum Gasteiger partial charge on any atom is -0.379 e. The molecule has 2 aromatic carbocycles. The van der Waals surface area contributed by atoms with E-state index in [9.17, 15) is 16.8 Å². The van der Waals surface area contributed by atoms with Crippen LogP contribution in [0.2, 0.25) is 0 Å². The van der Waals surface area contributed by atoms with Gasteiger partial charge < -0.3 is 14.2 Å². The van der Waals surface area contributed by atoms with Crippen molar-refractivity contribution >= 4 is 20.2 Å². The maximum atomic E-state index is 12.0. The Morgan fingerprint density at radius 2 is 1.15 bits per heavy atom. The molecule has 2 rings (SSSR count). The SMILES string of the molecule is Cc1ccc(S(=O)(=O)OCCOCCOCCOCCCc2ccc(S(=O)(=O)O)cc2)cc1. The van der Waals surface area contributed by atoms with Gasteiger partial charge in [-0.1, -0.05) is 29.8 Å². The van der Waals surface area contributed by atoms with E-state index >= 15 is 0 Å². The van der Waals surface area contributed by atoms with Crippen LogP contribution in [0.1, 0.15) is 17.5 Å². The second-order valence-corrected chi connectivity index (χ2v) is 10.2. The summed E-state index contributed by atoms with van der Waals surface area (Å²) in [5.41, 5.74) is 1.92. The van der Waals surface area contributed by atoms with Crippen molar-refractivity contribution in [3.63, 3.8) is 0 Å². The molecule has 0 aliphatic heterocycles. The summed E-state index contributed by atoms with van der Waals surface area (Å²) >= 11 is 0. The van der Waals surface area contributed by atoms with Gasteiger partial charge in [-0.2, -0.15) is 16.8 Å². The average Bonchev–Trinajstić information content (AvgIpc) is 2.77. The van der Waals surface area contributed by atoms with Gasteiger partial charge >= 0.3 is 0 Å². The summed E-state index contributed by atoms with van der Waals surface area (Å²) in [4.78, 5) is -0.00470. The molecule has 11 heteroatoms. The molecule has 1 N–H and O–H groups in total. The number of hydrogen-bond donors (Lipinski definition) is 1. The standard InChI is InChI=1S/C22H30O9S2/c1-19-4-8-22(9-5-19)33(26,27)31-18-17-30-16-15-29-14-13-28-12-2-3-20-6-10-21(11-7-20)32(23,24)25/h4-11H,2-3,12-18H2,1H3,(H,23,24,25). The molecule has 0 aromatic heterocycles. The van der Waals surface area contributed by atoms with Crippen LogP contribution in [0.15, 0.2) is 58.3 Å². The average molecular weight is 503 g/mol. The van der Waals surface area contributed by atoms with Gasteiger partial charge in [0.05, 0.1) is 49.4 Å². The van der Waals surface area contributed by atoms with Crippen molar-refractivity contribution in [2.45, 2.75) is 29.6 Å². The Labute approximate surface area is 195 Å². The smallest absolute Gasteiger partial charge is 0.297 e. The third-order valence-corrected chi connectivity index (χ3v) is 6.69. The molecule has 0 atom stereocenters. The van der Waals surface area contributed by atoms with Gasteiger partial charge in [-0.25, -0.2) is 0 Å². The number of benzene rings is 2. The predicted octanol–water partition coefficient (Wildman–Crippen LogP) is 2.63. The highest BCUT2D eigenvalue weighted by Crippen LogP contribution is 2.13. The van der Waals surface area contributed by atoms with Gasteiger partial charge in [-0.05, 0) is 49.6 Å². The molecule has 0 saturated heterocycles. The lowest BCUT2D eigenvalue weighted by Crippen LogP contribution is -2.14. The Kier molecular flexibility index (Phi) is 11.4.